The topological polar surface area (TPSA) is 65.2 Å². The molecule has 0 aliphatic carbocycles. The SMILES string of the molecule is COC(=O)CCc1cc(F)cnc1N. The minimum absolute atomic E-state index is 0.172. The second kappa shape index (κ2) is 4.55. The second-order valence-electron chi connectivity index (χ2n) is 2.77. The van der Waals surface area contributed by atoms with Crippen molar-refractivity contribution in [3.05, 3.63) is 23.6 Å². The van der Waals surface area contributed by atoms with Crippen LogP contribution in [0.5, 0.6) is 0 Å². The van der Waals surface area contributed by atoms with Crippen molar-refractivity contribution < 1.29 is 13.9 Å². The van der Waals surface area contributed by atoms with E-state index in [-0.39, 0.29) is 18.2 Å². The van der Waals surface area contributed by atoms with Crippen molar-refractivity contribution in [2.75, 3.05) is 12.8 Å². The van der Waals surface area contributed by atoms with Crippen LogP contribution in [0.3, 0.4) is 0 Å². The highest BCUT2D eigenvalue weighted by atomic mass is 19.1. The summed E-state index contributed by atoms with van der Waals surface area (Å²) in [6, 6.07) is 1.27. The highest BCUT2D eigenvalue weighted by Crippen LogP contribution is 2.12. The van der Waals surface area contributed by atoms with Crippen LogP contribution in [0.15, 0.2) is 12.3 Å². The van der Waals surface area contributed by atoms with Gasteiger partial charge < -0.3 is 10.5 Å². The number of hydrogen-bond donors (Lipinski definition) is 1. The van der Waals surface area contributed by atoms with Gasteiger partial charge in [-0.2, -0.15) is 0 Å². The van der Waals surface area contributed by atoms with Gasteiger partial charge in [0, 0.05) is 6.42 Å². The van der Waals surface area contributed by atoms with Crippen LogP contribution in [0.4, 0.5) is 10.2 Å². The van der Waals surface area contributed by atoms with Crippen LogP contribution in [0.25, 0.3) is 0 Å². The van der Waals surface area contributed by atoms with Gasteiger partial charge in [-0.15, -0.1) is 0 Å². The van der Waals surface area contributed by atoms with Crippen molar-refractivity contribution in [3.63, 3.8) is 0 Å². The predicted octanol–water partition coefficient (Wildman–Crippen LogP) is 0.908. The molecule has 2 N–H and O–H groups in total. The van der Waals surface area contributed by atoms with Crippen LogP contribution in [0.1, 0.15) is 12.0 Å². The second-order valence-corrected chi connectivity index (χ2v) is 2.77. The number of aryl methyl sites for hydroxylation is 1. The van der Waals surface area contributed by atoms with Crippen LogP contribution in [0.2, 0.25) is 0 Å². The van der Waals surface area contributed by atoms with Crippen LogP contribution in [-0.4, -0.2) is 18.1 Å². The summed E-state index contributed by atoms with van der Waals surface area (Å²) in [5.74, 6) is -0.567. The normalized spacial score (nSPS) is 9.86. The molecule has 5 heteroatoms. The average Bonchev–Trinajstić information content (AvgIpc) is 2.19. The molecule has 0 aliphatic rings. The van der Waals surface area contributed by atoms with E-state index in [9.17, 15) is 9.18 Å². The molecule has 0 unspecified atom stereocenters. The molecule has 1 heterocycles. The Hall–Kier alpha value is -1.65. The number of ether oxygens (including phenoxy) is 1. The minimum atomic E-state index is -0.459. The van der Waals surface area contributed by atoms with Gasteiger partial charge in [0.05, 0.1) is 13.3 Å². The molecule has 0 spiro atoms. The van der Waals surface area contributed by atoms with Gasteiger partial charge in [-0.1, -0.05) is 0 Å². The zero-order valence-electron chi connectivity index (χ0n) is 7.79. The summed E-state index contributed by atoms with van der Waals surface area (Å²) < 4.78 is 17.2. The molecular formula is C9H11FN2O2. The number of nitrogens with two attached hydrogens (primary N) is 1. The van der Waals surface area contributed by atoms with Crippen LogP contribution in [0, 0.1) is 5.82 Å². The predicted molar refractivity (Wildman–Crippen MR) is 48.9 cm³/mol. The highest BCUT2D eigenvalue weighted by Gasteiger charge is 2.06. The number of nitrogens with zero attached hydrogens (tertiary/aromatic N) is 1. The summed E-state index contributed by atoms with van der Waals surface area (Å²) in [5.41, 5.74) is 6.01. The van der Waals surface area contributed by atoms with E-state index in [4.69, 9.17) is 5.73 Å². The van der Waals surface area contributed by atoms with Gasteiger partial charge in [0.25, 0.3) is 0 Å². The fraction of sp³-hybridized carbons (Fsp3) is 0.333. The third-order valence-corrected chi connectivity index (χ3v) is 1.79. The molecule has 0 aliphatic heterocycles. The number of hydrogen-bond acceptors (Lipinski definition) is 4. The molecule has 14 heavy (non-hydrogen) atoms. The van der Waals surface area contributed by atoms with Crippen molar-refractivity contribution in [3.8, 4) is 0 Å². The zero-order valence-corrected chi connectivity index (χ0v) is 7.79. The monoisotopic (exact) mass is 198 g/mol. The van der Waals surface area contributed by atoms with Crippen molar-refractivity contribution >= 4 is 11.8 Å². The summed E-state index contributed by atoms with van der Waals surface area (Å²) in [7, 11) is 1.30. The number of nitrogen functional groups attached to an aromatic ring is 1. The summed E-state index contributed by atoms with van der Waals surface area (Å²) >= 11 is 0. The molecular weight excluding hydrogens is 187 g/mol. The first kappa shape index (κ1) is 10.4. The van der Waals surface area contributed by atoms with Crippen molar-refractivity contribution in [2.45, 2.75) is 12.8 Å². The Morgan fingerprint density at radius 3 is 3.07 bits per heavy atom. The van der Waals surface area contributed by atoms with Gasteiger partial charge in [-0.05, 0) is 18.1 Å². The fourth-order valence-corrected chi connectivity index (χ4v) is 1.03. The molecule has 0 amide bonds. The molecule has 0 atom stereocenters. The van der Waals surface area contributed by atoms with E-state index in [2.05, 4.69) is 9.72 Å². The van der Waals surface area contributed by atoms with Gasteiger partial charge in [0.2, 0.25) is 0 Å². The van der Waals surface area contributed by atoms with Crippen LogP contribution < -0.4 is 5.73 Å². The maximum atomic E-state index is 12.7. The molecule has 1 aromatic heterocycles. The first-order chi connectivity index (χ1) is 6.63. The maximum Gasteiger partial charge on any atom is 0.305 e. The average molecular weight is 198 g/mol. The van der Waals surface area contributed by atoms with E-state index in [1.165, 1.54) is 13.2 Å². The van der Waals surface area contributed by atoms with E-state index in [1.54, 1.807) is 0 Å². The van der Waals surface area contributed by atoms with Crippen LogP contribution in [-0.2, 0) is 16.0 Å². The lowest BCUT2D eigenvalue weighted by Crippen LogP contribution is -2.05. The molecule has 1 rings (SSSR count). The lowest BCUT2D eigenvalue weighted by molar-refractivity contribution is -0.140. The number of rotatable bonds is 3. The smallest absolute Gasteiger partial charge is 0.305 e. The summed E-state index contributed by atoms with van der Waals surface area (Å²) in [5, 5.41) is 0. The molecule has 0 saturated carbocycles. The molecule has 0 radical (unpaired) electrons. The van der Waals surface area contributed by atoms with E-state index >= 15 is 0 Å². The van der Waals surface area contributed by atoms with Gasteiger partial charge in [0.1, 0.15) is 11.6 Å². The molecule has 0 fully saturated rings. The van der Waals surface area contributed by atoms with Gasteiger partial charge in [0.15, 0.2) is 0 Å². The summed E-state index contributed by atoms with van der Waals surface area (Å²) in [6.07, 6.45) is 1.55. The lowest BCUT2D eigenvalue weighted by atomic mass is 10.1. The third-order valence-electron chi connectivity index (χ3n) is 1.79. The maximum absolute atomic E-state index is 12.7. The number of halogens is 1. The lowest BCUT2D eigenvalue weighted by Gasteiger charge is -2.03. The summed E-state index contributed by atoms with van der Waals surface area (Å²) in [6.45, 7) is 0. The Morgan fingerprint density at radius 2 is 2.43 bits per heavy atom. The largest absolute Gasteiger partial charge is 0.469 e. The molecule has 1 aromatic rings. The first-order valence-electron chi connectivity index (χ1n) is 4.10. The van der Waals surface area contributed by atoms with Crippen molar-refractivity contribution in [1.29, 1.82) is 0 Å². The molecule has 0 saturated heterocycles. The van der Waals surface area contributed by atoms with Crippen molar-refractivity contribution in [1.82, 2.24) is 4.98 Å². The number of carbonyl (C=O) groups excluding carboxylic acids is 1. The first-order valence-corrected chi connectivity index (χ1v) is 4.10. The van der Waals surface area contributed by atoms with E-state index in [0.717, 1.165) is 6.20 Å². The Labute approximate surface area is 80.9 Å². The van der Waals surface area contributed by atoms with Crippen LogP contribution >= 0.6 is 0 Å². The summed E-state index contributed by atoms with van der Waals surface area (Å²) in [4.78, 5) is 14.4. The Morgan fingerprint density at radius 1 is 1.71 bits per heavy atom. The Balaban J connectivity index is 2.66. The van der Waals surface area contributed by atoms with E-state index < -0.39 is 5.82 Å². The van der Waals surface area contributed by atoms with Crippen molar-refractivity contribution in [2.24, 2.45) is 0 Å². The highest BCUT2D eigenvalue weighted by molar-refractivity contribution is 5.69. The molecule has 0 bridgehead atoms. The van der Waals surface area contributed by atoms with Gasteiger partial charge in [-0.25, -0.2) is 9.37 Å². The van der Waals surface area contributed by atoms with E-state index in [1.807, 2.05) is 0 Å². The number of carbonyl (C=O) groups is 1. The van der Waals surface area contributed by atoms with E-state index in [0.29, 0.717) is 12.0 Å². The number of methoxy groups -OCH3 is 1. The number of esters is 1. The number of aromatic nitrogens is 1. The number of pyridine rings is 1. The Kier molecular flexibility index (Phi) is 3.39. The standard InChI is InChI=1S/C9H11FN2O2/c1-14-8(13)3-2-6-4-7(10)5-12-9(6)11/h4-5H,2-3H2,1H3,(H2,11,12). The third kappa shape index (κ3) is 2.69. The molecule has 0 aromatic carbocycles. The molecule has 76 valence electrons. The quantitative estimate of drug-likeness (QED) is 0.733. The number of anilines is 1. The van der Waals surface area contributed by atoms with Gasteiger partial charge in [-0.3, -0.25) is 4.79 Å². The minimum Gasteiger partial charge on any atom is -0.469 e. The van der Waals surface area contributed by atoms with Gasteiger partial charge >= 0.3 is 5.97 Å². The zero-order chi connectivity index (χ0) is 10.6. The fourth-order valence-electron chi connectivity index (χ4n) is 1.03. The Bertz CT molecular complexity index is 342. The molecule has 4 nitrogen and oxygen atoms in total.